The first-order valence-corrected chi connectivity index (χ1v) is 11.4. The minimum absolute atomic E-state index is 0.104. The molecular formula is C24H26O5S2. The first-order chi connectivity index (χ1) is 14.8. The summed E-state index contributed by atoms with van der Waals surface area (Å²) in [5.41, 5.74) is 0.707. The summed E-state index contributed by atoms with van der Waals surface area (Å²) < 4.78 is 16.2. The van der Waals surface area contributed by atoms with Gasteiger partial charge in [-0.05, 0) is 69.3 Å². The molecule has 2 rings (SSSR count). The highest BCUT2D eigenvalue weighted by atomic mass is 32.2. The maximum atomic E-state index is 11.6. The molecule has 0 amide bonds. The molecule has 0 unspecified atom stereocenters. The number of carbonyl (C=O) groups excluding carboxylic acids is 2. The van der Waals surface area contributed by atoms with Crippen molar-refractivity contribution in [3.8, 4) is 11.5 Å². The monoisotopic (exact) mass is 458 g/mol. The Bertz CT molecular complexity index is 846. The molecule has 0 saturated carbocycles. The van der Waals surface area contributed by atoms with Crippen LogP contribution in [-0.4, -0.2) is 29.7 Å². The maximum Gasteiger partial charge on any atom is 0.338 e. The topological polar surface area (TPSA) is 61.8 Å². The molecule has 0 fully saturated rings. The lowest BCUT2D eigenvalue weighted by Gasteiger charge is -2.16. The molecule has 2 aromatic carbocycles. The van der Waals surface area contributed by atoms with Gasteiger partial charge in [-0.3, -0.25) is 0 Å². The van der Waals surface area contributed by atoms with Crippen molar-refractivity contribution in [1.82, 2.24) is 0 Å². The van der Waals surface area contributed by atoms with Crippen LogP contribution in [0.25, 0.3) is 0 Å². The summed E-state index contributed by atoms with van der Waals surface area (Å²) in [6.45, 7) is 13.5. The van der Waals surface area contributed by atoms with E-state index in [-0.39, 0.29) is 4.58 Å². The van der Waals surface area contributed by atoms with Gasteiger partial charge in [-0.1, -0.05) is 13.2 Å². The Morgan fingerprint density at radius 3 is 1.52 bits per heavy atom. The smallest absolute Gasteiger partial charge is 0.338 e. The third-order valence-electron chi connectivity index (χ3n) is 3.76. The number of hydrogen-bond acceptors (Lipinski definition) is 7. The molecule has 0 saturated heterocycles. The molecule has 7 heteroatoms. The van der Waals surface area contributed by atoms with Crippen molar-refractivity contribution in [3.63, 3.8) is 0 Å². The quantitative estimate of drug-likeness (QED) is 0.137. The molecule has 0 heterocycles. The molecule has 0 N–H and O–H groups in total. The average molecular weight is 459 g/mol. The van der Waals surface area contributed by atoms with Crippen molar-refractivity contribution in [2.24, 2.45) is 0 Å². The van der Waals surface area contributed by atoms with Crippen LogP contribution < -0.4 is 9.47 Å². The van der Waals surface area contributed by atoms with Crippen molar-refractivity contribution in [3.05, 3.63) is 72.8 Å². The van der Waals surface area contributed by atoms with E-state index < -0.39 is 11.9 Å². The zero-order valence-electron chi connectivity index (χ0n) is 17.9. The van der Waals surface area contributed by atoms with E-state index in [1.54, 1.807) is 61.6 Å². The van der Waals surface area contributed by atoms with E-state index in [0.29, 0.717) is 35.9 Å². The minimum Gasteiger partial charge on any atom is -0.423 e. The maximum absolute atomic E-state index is 11.6. The summed E-state index contributed by atoms with van der Waals surface area (Å²) in [6.07, 6.45) is 0. The molecule has 0 atom stereocenters. The highest BCUT2D eigenvalue weighted by molar-refractivity contribution is 8.17. The van der Waals surface area contributed by atoms with Crippen molar-refractivity contribution in [1.29, 1.82) is 0 Å². The summed E-state index contributed by atoms with van der Waals surface area (Å²) in [4.78, 5) is 25.3. The molecule has 5 nitrogen and oxygen atoms in total. The third kappa shape index (κ3) is 8.65. The number of rotatable bonds is 11. The van der Waals surface area contributed by atoms with Crippen LogP contribution in [0.4, 0.5) is 0 Å². The number of hydrogen-bond donors (Lipinski definition) is 0. The van der Waals surface area contributed by atoms with Crippen molar-refractivity contribution in [2.75, 3.05) is 13.2 Å². The fourth-order valence-corrected chi connectivity index (χ4v) is 4.55. The molecule has 31 heavy (non-hydrogen) atoms. The predicted molar refractivity (Wildman–Crippen MR) is 126 cm³/mol. The molecule has 2 aromatic rings. The number of thioether (sulfide) groups is 2. The standard InChI is InChI=1S/C24H26O5S2/c1-6-27-15-22(30-20-11-7-18(8-12-20)28-23(25)16(2)3)31-21-13-9-19(10-14-21)29-24(26)17(4)5/h7-14,22H,2,4,6,15H2,1,3,5H3. The molecular weight excluding hydrogens is 432 g/mol. The summed E-state index contributed by atoms with van der Waals surface area (Å²) >= 11 is 3.32. The van der Waals surface area contributed by atoms with Crippen molar-refractivity contribution in [2.45, 2.75) is 35.1 Å². The van der Waals surface area contributed by atoms with E-state index in [2.05, 4.69) is 13.2 Å². The second kappa shape index (κ2) is 12.4. The van der Waals surface area contributed by atoms with Gasteiger partial charge in [-0.25, -0.2) is 9.59 Å². The summed E-state index contributed by atoms with van der Waals surface area (Å²) in [5, 5.41) is 0. The van der Waals surface area contributed by atoms with Gasteiger partial charge in [0.15, 0.2) is 0 Å². The van der Waals surface area contributed by atoms with Gasteiger partial charge in [-0.15, -0.1) is 23.5 Å². The van der Waals surface area contributed by atoms with Gasteiger partial charge in [0.25, 0.3) is 0 Å². The molecule has 0 bridgehead atoms. The first-order valence-electron chi connectivity index (χ1n) is 9.65. The highest BCUT2D eigenvalue weighted by Crippen LogP contribution is 2.37. The molecule has 0 radical (unpaired) electrons. The van der Waals surface area contributed by atoms with E-state index in [1.165, 1.54) is 0 Å². The van der Waals surface area contributed by atoms with E-state index in [1.807, 2.05) is 31.2 Å². The average Bonchev–Trinajstić information content (AvgIpc) is 2.74. The van der Waals surface area contributed by atoms with Crippen molar-refractivity contribution < 1.29 is 23.8 Å². The van der Waals surface area contributed by atoms with Crippen LogP contribution in [0.1, 0.15) is 20.8 Å². The van der Waals surface area contributed by atoms with Gasteiger partial charge < -0.3 is 14.2 Å². The van der Waals surface area contributed by atoms with Crippen LogP contribution in [0.2, 0.25) is 0 Å². The predicted octanol–water partition coefficient (Wildman–Crippen LogP) is 5.90. The Balaban J connectivity index is 2.01. The fraction of sp³-hybridized carbons (Fsp3) is 0.250. The summed E-state index contributed by atoms with van der Waals surface area (Å²) in [5.74, 6) is 0.0719. The Morgan fingerprint density at radius 2 is 1.19 bits per heavy atom. The third-order valence-corrected chi connectivity index (χ3v) is 6.22. The molecule has 0 aliphatic heterocycles. The number of carbonyl (C=O) groups is 2. The molecule has 164 valence electrons. The van der Waals surface area contributed by atoms with E-state index in [4.69, 9.17) is 14.2 Å². The SMILES string of the molecule is C=C(C)C(=O)Oc1ccc(SC(COCC)Sc2ccc(OC(=O)C(=C)C)cc2)cc1. The Morgan fingerprint density at radius 1 is 0.806 bits per heavy atom. The van der Waals surface area contributed by atoms with E-state index >= 15 is 0 Å². The van der Waals surface area contributed by atoms with Crippen LogP contribution in [0, 0.1) is 0 Å². The lowest BCUT2D eigenvalue weighted by Crippen LogP contribution is -2.09. The van der Waals surface area contributed by atoms with Gasteiger partial charge in [0.1, 0.15) is 11.5 Å². The van der Waals surface area contributed by atoms with E-state index in [9.17, 15) is 9.59 Å². The minimum atomic E-state index is -0.442. The zero-order chi connectivity index (χ0) is 22.8. The Hall–Kier alpha value is -2.48. The highest BCUT2D eigenvalue weighted by Gasteiger charge is 2.14. The van der Waals surface area contributed by atoms with Crippen LogP contribution in [0.5, 0.6) is 11.5 Å². The van der Waals surface area contributed by atoms with Gasteiger partial charge >= 0.3 is 11.9 Å². The van der Waals surface area contributed by atoms with Gasteiger partial charge in [0, 0.05) is 27.5 Å². The van der Waals surface area contributed by atoms with Crippen molar-refractivity contribution >= 4 is 35.5 Å². The number of esters is 2. The lowest BCUT2D eigenvalue weighted by molar-refractivity contribution is -0.130. The Kier molecular flexibility index (Phi) is 9.91. The lowest BCUT2D eigenvalue weighted by atomic mass is 10.3. The van der Waals surface area contributed by atoms with Gasteiger partial charge in [-0.2, -0.15) is 0 Å². The van der Waals surface area contributed by atoms with Crippen LogP contribution in [-0.2, 0) is 14.3 Å². The van der Waals surface area contributed by atoms with Gasteiger partial charge in [0.2, 0.25) is 0 Å². The zero-order valence-corrected chi connectivity index (χ0v) is 19.5. The molecule has 0 aliphatic rings. The second-order valence-corrected chi connectivity index (χ2v) is 9.46. The van der Waals surface area contributed by atoms with Crippen LogP contribution >= 0.6 is 23.5 Å². The molecule has 0 aromatic heterocycles. The second-order valence-electron chi connectivity index (χ2n) is 6.61. The number of benzene rings is 2. The largest absolute Gasteiger partial charge is 0.423 e. The molecule has 0 spiro atoms. The van der Waals surface area contributed by atoms with Crippen LogP contribution in [0.3, 0.4) is 0 Å². The van der Waals surface area contributed by atoms with E-state index in [0.717, 1.165) is 9.79 Å². The normalized spacial score (nSPS) is 10.6. The number of ether oxygens (including phenoxy) is 3. The first kappa shape index (κ1) is 24.8. The summed E-state index contributed by atoms with van der Waals surface area (Å²) in [6, 6.07) is 14.7. The Labute approximate surface area is 191 Å². The van der Waals surface area contributed by atoms with Crippen LogP contribution in [0.15, 0.2) is 82.6 Å². The molecule has 0 aliphatic carbocycles. The van der Waals surface area contributed by atoms with Gasteiger partial charge in [0.05, 0.1) is 11.2 Å². The summed E-state index contributed by atoms with van der Waals surface area (Å²) in [7, 11) is 0. The fourth-order valence-electron chi connectivity index (χ4n) is 2.17.